The molecule has 2 aromatic carbocycles. The van der Waals surface area contributed by atoms with Gasteiger partial charge in [0.15, 0.2) is 0 Å². The third-order valence-corrected chi connectivity index (χ3v) is 4.88. The summed E-state index contributed by atoms with van der Waals surface area (Å²) in [5.41, 5.74) is 5.49. The number of carbonyl (C=O) groups excluding carboxylic acids is 2. The van der Waals surface area contributed by atoms with E-state index in [0.717, 1.165) is 5.56 Å². The quantitative estimate of drug-likeness (QED) is 0.737. The molecule has 6 nitrogen and oxygen atoms in total. The van der Waals surface area contributed by atoms with Crippen molar-refractivity contribution in [1.82, 2.24) is 4.90 Å². The van der Waals surface area contributed by atoms with Crippen molar-refractivity contribution in [3.63, 3.8) is 0 Å². The van der Waals surface area contributed by atoms with Crippen LogP contribution in [0.5, 0.6) is 5.75 Å². The molecule has 2 N–H and O–H groups in total. The van der Waals surface area contributed by atoms with Crippen LogP contribution in [0.2, 0.25) is 0 Å². The molecule has 1 fully saturated rings. The first-order valence-electron chi connectivity index (χ1n) is 9.58. The predicted octanol–water partition coefficient (Wildman–Crippen LogP) is 2.31. The summed E-state index contributed by atoms with van der Waals surface area (Å²) >= 11 is 0. The van der Waals surface area contributed by atoms with E-state index in [1.165, 1.54) is 24.3 Å². The van der Waals surface area contributed by atoms with Gasteiger partial charge in [-0.1, -0.05) is 30.3 Å². The number of nitrogens with zero attached hydrogens (tertiary/aromatic N) is 1. The number of hydrogen-bond acceptors (Lipinski definition) is 4. The van der Waals surface area contributed by atoms with E-state index in [4.69, 9.17) is 15.2 Å². The number of nitrogens with two attached hydrogens (primary N) is 1. The first-order chi connectivity index (χ1) is 14.0. The molecule has 2 aromatic rings. The second kappa shape index (κ2) is 9.52. The lowest BCUT2D eigenvalue weighted by Gasteiger charge is -2.42. The van der Waals surface area contributed by atoms with E-state index in [-0.39, 0.29) is 37.9 Å². The standard InChI is InChI=1S/C22H25FN2O4/c23-18-7-9-19(10-8-18)28-16-22(14-20(24)26)15-25(12-13-29-22)21(27)11-6-17-4-2-1-3-5-17/h1-5,7-10H,6,11-16H2,(H2,24,26)/t22-/m0/s1. The van der Waals surface area contributed by atoms with E-state index in [1.807, 2.05) is 30.3 Å². The molecule has 7 heteroatoms. The number of aryl methyl sites for hydroxylation is 1. The number of ether oxygens (including phenoxy) is 2. The minimum atomic E-state index is -1.03. The molecule has 3 rings (SSSR count). The first-order valence-corrected chi connectivity index (χ1v) is 9.58. The highest BCUT2D eigenvalue weighted by Gasteiger charge is 2.40. The van der Waals surface area contributed by atoms with Crippen LogP contribution < -0.4 is 10.5 Å². The van der Waals surface area contributed by atoms with Gasteiger partial charge in [-0.05, 0) is 36.2 Å². The minimum Gasteiger partial charge on any atom is -0.490 e. The fourth-order valence-electron chi connectivity index (χ4n) is 3.42. The van der Waals surface area contributed by atoms with Crippen LogP contribution in [0.15, 0.2) is 54.6 Å². The zero-order valence-electron chi connectivity index (χ0n) is 16.2. The molecular formula is C22H25FN2O4. The number of rotatable bonds is 8. The molecule has 0 bridgehead atoms. The van der Waals surface area contributed by atoms with Crippen LogP contribution in [0.1, 0.15) is 18.4 Å². The summed E-state index contributed by atoms with van der Waals surface area (Å²) in [5, 5.41) is 0. The molecule has 1 aliphatic heterocycles. The molecule has 1 heterocycles. The first kappa shape index (κ1) is 20.8. The van der Waals surface area contributed by atoms with Crippen LogP contribution in [0.3, 0.4) is 0 Å². The Morgan fingerprint density at radius 3 is 2.55 bits per heavy atom. The van der Waals surface area contributed by atoms with Crippen molar-refractivity contribution in [2.45, 2.75) is 24.9 Å². The summed E-state index contributed by atoms with van der Waals surface area (Å²) in [6.45, 7) is 0.983. The van der Waals surface area contributed by atoms with Crippen molar-refractivity contribution < 1.29 is 23.5 Å². The van der Waals surface area contributed by atoms with E-state index in [0.29, 0.717) is 25.1 Å². The lowest BCUT2D eigenvalue weighted by Crippen LogP contribution is -2.58. The van der Waals surface area contributed by atoms with Crippen molar-refractivity contribution in [2.75, 3.05) is 26.3 Å². The summed E-state index contributed by atoms with van der Waals surface area (Å²) < 4.78 is 24.7. The highest BCUT2D eigenvalue weighted by Crippen LogP contribution is 2.25. The fraction of sp³-hybridized carbons (Fsp3) is 0.364. The molecule has 0 unspecified atom stereocenters. The lowest BCUT2D eigenvalue weighted by atomic mass is 9.97. The third-order valence-electron chi connectivity index (χ3n) is 4.88. The van der Waals surface area contributed by atoms with Gasteiger partial charge in [0.1, 0.15) is 23.8 Å². The highest BCUT2D eigenvalue weighted by atomic mass is 19.1. The summed E-state index contributed by atoms with van der Waals surface area (Å²) in [6, 6.07) is 15.4. The monoisotopic (exact) mass is 400 g/mol. The highest BCUT2D eigenvalue weighted by molar-refractivity contribution is 5.78. The number of benzene rings is 2. The van der Waals surface area contributed by atoms with Gasteiger partial charge in [-0.2, -0.15) is 0 Å². The van der Waals surface area contributed by atoms with E-state index in [2.05, 4.69) is 0 Å². The van der Waals surface area contributed by atoms with Crippen LogP contribution in [-0.4, -0.2) is 48.6 Å². The summed E-state index contributed by atoms with van der Waals surface area (Å²) in [6.07, 6.45) is 0.943. The van der Waals surface area contributed by atoms with Gasteiger partial charge in [-0.25, -0.2) is 4.39 Å². The van der Waals surface area contributed by atoms with Gasteiger partial charge < -0.3 is 20.1 Å². The molecule has 29 heavy (non-hydrogen) atoms. The van der Waals surface area contributed by atoms with Crippen LogP contribution in [0.4, 0.5) is 4.39 Å². The Morgan fingerprint density at radius 1 is 1.14 bits per heavy atom. The van der Waals surface area contributed by atoms with Crippen molar-refractivity contribution in [3.8, 4) is 5.75 Å². The average Bonchev–Trinajstić information content (AvgIpc) is 2.72. The Bertz CT molecular complexity index is 828. The number of halogens is 1. The van der Waals surface area contributed by atoms with Gasteiger partial charge in [-0.15, -0.1) is 0 Å². The van der Waals surface area contributed by atoms with Crippen molar-refractivity contribution in [3.05, 3.63) is 66.0 Å². The van der Waals surface area contributed by atoms with Gasteiger partial charge in [0.05, 0.1) is 19.6 Å². The normalized spacial score (nSPS) is 19.0. The zero-order chi connectivity index (χ0) is 20.7. The molecule has 0 aromatic heterocycles. The van der Waals surface area contributed by atoms with Crippen LogP contribution in [0, 0.1) is 5.82 Å². The molecule has 0 aliphatic carbocycles. The third kappa shape index (κ3) is 6.02. The summed E-state index contributed by atoms with van der Waals surface area (Å²) in [7, 11) is 0. The average molecular weight is 400 g/mol. The smallest absolute Gasteiger partial charge is 0.223 e. The molecule has 154 valence electrons. The fourth-order valence-corrected chi connectivity index (χ4v) is 3.42. The van der Waals surface area contributed by atoms with E-state index < -0.39 is 11.5 Å². The predicted molar refractivity (Wildman–Crippen MR) is 106 cm³/mol. The van der Waals surface area contributed by atoms with Crippen molar-refractivity contribution in [1.29, 1.82) is 0 Å². The molecule has 2 amide bonds. The topological polar surface area (TPSA) is 81.9 Å². The molecule has 1 saturated heterocycles. The number of primary amides is 1. The van der Waals surface area contributed by atoms with Gasteiger partial charge in [0.25, 0.3) is 0 Å². The van der Waals surface area contributed by atoms with Crippen LogP contribution >= 0.6 is 0 Å². The van der Waals surface area contributed by atoms with Gasteiger partial charge in [0.2, 0.25) is 11.8 Å². The lowest BCUT2D eigenvalue weighted by molar-refractivity contribution is -0.161. The molecule has 1 atom stereocenters. The summed E-state index contributed by atoms with van der Waals surface area (Å²) in [5.74, 6) is -0.459. The van der Waals surface area contributed by atoms with Crippen molar-refractivity contribution in [2.24, 2.45) is 5.73 Å². The van der Waals surface area contributed by atoms with E-state index in [1.54, 1.807) is 4.90 Å². The van der Waals surface area contributed by atoms with E-state index in [9.17, 15) is 14.0 Å². The Kier molecular flexibility index (Phi) is 6.82. The largest absolute Gasteiger partial charge is 0.490 e. The molecule has 0 spiro atoms. The minimum absolute atomic E-state index is 0.00668. The second-order valence-corrected chi connectivity index (χ2v) is 7.22. The maximum atomic E-state index is 13.1. The maximum Gasteiger partial charge on any atom is 0.223 e. The van der Waals surface area contributed by atoms with Gasteiger partial charge in [-0.3, -0.25) is 9.59 Å². The molecular weight excluding hydrogens is 375 g/mol. The van der Waals surface area contributed by atoms with Crippen molar-refractivity contribution >= 4 is 11.8 Å². The Hall–Kier alpha value is -2.93. The molecule has 1 aliphatic rings. The number of carbonyl (C=O) groups is 2. The Labute approximate surface area is 169 Å². The SMILES string of the molecule is NC(=O)C[C@@]1(COc2ccc(F)cc2)CN(C(=O)CCc2ccccc2)CCO1. The maximum absolute atomic E-state index is 13.1. The zero-order valence-corrected chi connectivity index (χ0v) is 16.2. The van der Waals surface area contributed by atoms with Gasteiger partial charge >= 0.3 is 0 Å². The Balaban J connectivity index is 1.63. The van der Waals surface area contributed by atoms with Crippen LogP contribution in [0.25, 0.3) is 0 Å². The van der Waals surface area contributed by atoms with Crippen LogP contribution in [-0.2, 0) is 20.7 Å². The summed E-state index contributed by atoms with van der Waals surface area (Å²) in [4.78, 5) is 26.1. The number of amides is 2. The molecule has 0 radical (unpaired) electrons. The number of hydrogen-bond donors (Lipinski definition) is 1. The Morgan fingerprint density at radius 2 is 1.86 bits per heavy atom. The van der Waals surface area contributed by atoms with Gasteiger partial charge in [0, 0.05) is 13.0 Å². The second-order valence-electron chi connectivity index (χ2n) is 7.22. The molecule has 0 saturated carbocycles. The number of morpholine rings is 1. The van der Waals surface area contributed by atoms with E-state index >= 15 is 0 Å².